The zero-order chi connectivity index (χ0) is 26.3. The number of pyridine rings is 1. The lowest BCUT2D eigenvalue weighted by molar-refractivity contribution is -0.153. The fraction of sp³-hybridized carbons (Fsp3) is 0.500. The van der Waals surface area contributed by atoms with Gasteiger partial charge in [0.1, 0.15) is 29.4 Å². The Morgan fingerprint density at radius 3 is 2.81 bits per heavy atom. The molecule has 4 atom stereocenters. The molecule has 2 fully saturated rings. The zero-order valence-corrected chi connectivity index (χ0v) is 20.1. The summed E-state index contributed by atoms with van der Waals surface area (Å²) in [5.74, 6) is -1.42. The van der Waals surface area contributed by atoms with E-state index in [0.717, 1.165) is 6.07 Å². The van der Waals surface area contributed by atoms with Gasteiger partial charge in [-0.2, -0.15) is 4.98 Å². The molecular formula is C24H25F3N6O4. The first-order chi connectivity index (χ1) is 17.7. The number of hydrogen-bond acceptors (Lipinski definition) is 8. The van der Waals surface area contributed by atoms with E-state index in [2.05, 4.69) is 25.3 Å². The van der Waals surface area contributed by atoms with Gasteiger partial charge in [0, 0.05) is 19.2 Å². The van der Waals surface area contributed by atoms with E-state index in [0.29, 0.717) is 47.8 Å². The van der Waals surface area contributed by atoms with E-state index in [1.807, 2.05) is 0 Å². The summed E-state index contributed by atoms with van der Waals surface area (Å²) in [7, 11) is 1.66. The maximum absolute atomic E-state index is 15.0. The third-order valence-corrected chi connectivity index (χ3v) is 7.21. The number of aromatic nitrogens is 6. The van der Waals surface area contributed by atoms with Crippen molar-refractivity contribution in [3.63, 3.8) is 0 Å². The van der Waals surface area contributed by atoms with E-state index in [4.69, 9.17) is 9.47 Å². The highest BCUT2D eigenvalue weighted by Crippen LogP contribution is 2.52. The second-order valence-electron chi connectivity index (χ2n) is 9.43. The minimum Gasteiger partial charge on any atom is -0.489 e. The lowest BCUT2D eigenvalue weighted by Gasteiger charge is -2.22. The average Bonchev–Trinajstić information content (AvgIpc) is 3.54. The molecule has 0 saturated heterocycles. The van der Waals surface area contributed by atoms with Gasteiger partial charge in [-0.1, -0.05) is 5.21 Å². The number of ether oxygens (including phenoxy) is 2. The summed E-state index contributed by atoms with van der Waals surface area (Å²) < 4.78 is 53.9. The van der Waals surface area contributed by atoms with Gasteiger partial charge in [-0.05, 0) is 56.7 Å². The standard InChI is InChI=1S/C24H25F3N6O4/c1-12-19(37-14-9-13-5-7-24(27,22(34)35)15(13)10-14)4-3-16(29-12)20-18(33(2)32-31-20)11-36-23-28-8-6-17(30-23)21(25)26/h3-4,6,8,13-15,21H,5,7,9-11H2,1-2H3,(H,34,35)/t13-,14+,15+,24+/m0/s1. The second kappa shape index (κ2) is 9.60. The van der Waals surface area contributed by atoms with Crippen molar-refractivity contribution in [2.45, 2.75) is 57.4 Å². The van der Waals surface area contributed by atoms with Crippen LogP contribution in [0.5, 0.6) is 11.8 Å². The minimum atomic E-state index is -2.74. The fourth-order valence-electron chi connectivity index (χ4n) is 5.30. The van der Waals surface area contributed by atoms with Crippen LogP contribution in [0.4, 0.5) is 13.2 Å². The summed E-state index contributed by atoms with van der Waals surface area (Å²) in [4.78, 5) is 23.6. The molecule has 10 nitrogen and oxygen atoms in total. The molecule has 5 rings (SSSR count). The lowest BCUT2D eigenvalue weighted by atomic mass is 9.89. The molecule has 0 spiro atoms. The van der Waals surface area contributed by atoms with Gasteiger partial charge < -0.3 is 14.6 Å². The van der Waals surface area contributed by atoms with E-state index >= 15 is 0 Å². The number of nitrogens with zero attached hydrogens (tertiary/aromatic N) is 6. The number of hydrogen-bond donors (Lipinski definition) is 1. The molecule has 0 aromatic carbocycles. The van der Waals surface area contributed by atoms with E-state index in [1.54, 1.807) is 26.1 Å². The molecule has 1 N–H and O–H groups in total. The highest BCUT2D eigenvalue weighted by molar-refractivity contribution is 5.78. The van der Waals surface area contributed by atoms with E-state index in [1.165, 1.54) is 10.9 Å². The first-order valence-corrected chi connectivity index (χ1v) is 11.8. The number of halogens is 3. The van der Waals surface area contributed by atoms with Gasteiger partial charge in [-0.3, -0.25) is 0 Å². The molecule has 2 aliphatic rings. The molecule has 0 bridgehead atoms. The van der Waals surface area contributed by atoms with Gasteiger partial charge in [-0.25, -0.2) is 32.6 Å². The van der Waals surface area contributed by atoms with E-state index in [-0.39, 0.29) is 31.1 Å². The van der Waals surface area contributed by atoms with Gasteiger partial charge in [0.2, 0.25) is 5.67 Å². The second-order valence-corrected chi connectivity index (χ2v) is 9.43. The Bertz CT molecular complexity index is 1320. The molecule has 3 aromatic heterocycles. The van der Waals surface area contributed by atoms with Crippen molar-refractivity contribution in [1.29, 1.82) is 0 Å². The normalized spacial score (nSPS) is 24.9. The van der Waals surface area contributed by atoms with Crippen LogP contribution in [0.25, 0.3) is 11.4 Å². The maximum atomic E-state index is 15.0. The average molecular weight is 518 g/mol. The molecule has 0 aliphatic heterocycles. The van der Waals surface area contributed by atoms with Gasteiger partial charge in [0.15, 0.2) is 0 Å². The molecule has 13 heteroatoms. The number of carbonyl (C=O) groups is 1. The molecule has 0 unspecified atom stereocenters. The van der Waals surface area contributed by atoms with Crippen LogP contribution < -0.4 is 9.47 Å². The highest BCUT2D eigenvalue weighted by Gasteiger charge is 2.58. The van der Waals surface area contributed by atoms with Crippen molar-refractivity contribution in [3.05, 3.63) is 41.5 Å². The molecular weight excluding hydrogens is 493 g/mol. The number of carboxylic acid groups (broad SMARTS) is 1. The Balaban J connectivity index is 1.29. The molecule has 196 valence electrons. The summed E-state index contributed by atoms with van der Waals surface area (Å²) in [6, 6.07) is 4.36. The quantitative estimate of drug-likeness (QED) is 0.473. The summed E-state index contributed by atoms with van der Waals surface area (Å²) in [6.07, 6.45) is -0.303. The van der Waals surface area contributed by atoms with Crippen LogP contribution in [0, 0.1) is 18.8 Å². The smallest absolute Gasteiger partial charge is 0.341 e. The zero-order valence-electron chi connectivity index (χ0n) is 20.1. The van der Waals surface area contributed by atoms with Gasteiger partial charge >= 0.3 is 12.0 Å². The Labute approximate surface area is 209 Å². The fourth-order valence-corrected chi connectivity index (χ4v) is 5.30. The molecule has 3 aromatic rings. The van der Waals surface area contributed by atoms with Gasteiger partial charge in [-0.15, -0.1) is 5.10 Å². The van der Waals surface area contributed by atoms with Crippen LogP contribution in [-0.4, -0.2) is 52.8 Å². The van der Waals surface area contributed by atoms with Crippen LogP contribution in [0.15, 0.2) is 24.4 Å². The van der Waals surface area contributed by atoms with Crippen LogP contribution in [0.3, 0.4) is 0 Å². The van der Waals surface area contributed by atoms with E-state index in [9.17, 15) is 23.1 Å². The molecule has 0 amide bonds. The maximum Gasteiger partial charge on any atom is 0.341 e. The van der Waals surface area contributed by atoms with Gasteiger partial charge in [0.05, 0.1) is 17.5 Å². The number of carboxylic acids is 1. The number of fused-ring (bicyclic) bond motifs is 1. The Hall–Kier alpha value is -3.77. The number of aliphatic carboxylic acids is 1. The van der Waals surface area contributed by atoms with Crippen LogP contribution >= 0.6 is 0 Å². The van der Waals surface area contributed by atoms with Crippen molar-refractivity contribution in [1.82, 2.24) is 29.9 Å². The molecule has 2 aliphatic carbocycles. The highest BCUT2D eigenvalue weighted by atomic mass is 19.3. The van der Waals surface area contributed by atoms with Crippen LogP contribution in [0.2, 0.25) is 0 Å². The third kappa shape index (κ3) is 4.69. The topological polar surface area (TPSA) is 125 Å². The molecule has 3 heterocycles. The van der Waals surface area contributed by atoms with Gasteiger partial charge in [0.25, 0.3) is 6.43 Å². The number of alkyl halides is 3. The van der Waals surface area contributed by atoms with Crippen LogP contribution in [0.1, 0.15) is 49.2 Å². The summed E-state index contributed by atoms with van der Waals surface area (Å²) in [5.41, 5.74) is -0.590. The van der Waals surface area contributed by atoms with Crippen molar-refractivity contribution in [2.24, 2.45) is 18.9 Å². The predicted molar refractivity (Wildman–Crippen MR) is 122 cm³/mol. The number of aryl methyl sites for hydroxylation is 2. The van der Waals surface area contributed by atoms with Crippen molar-refractivity contribution < 1.29 is 32.5 Å². The monoisotopic (exact) mass is 518 g/mol. The SMILES string of the molecule is Cc1nc(-c2nnn(C)c2COc2nccc(C(F)F)n2)ccc1O[C@@H]1C[C@@H]2CC[C@](F)(C(=O)O)[C@@H]2C1. The molecule has 2 saturated carbocycles. The molecule has 37 heavy (non-hydrogen) atoms. The number of rotatable bonds is 8. The lowest BCUT2D eigenvalue weighted by Crippen LogP contribution is -2.38. The first-order valence-electron chi connectivity index (χ1n) is 11.8. The van der Waals surface area contributed by atoms with E-state index < -0.39 is 29.7 Å². The predicted octanol–water partition coefficient (Wildman–Crippen LogP) is 3.85. The van der Waals surface area contributed by atoms with Crippen molar-refractivity contribution in [2.75, 3.05) is 0 Å². The molecule has 0 radical (unpaired) electrons. The Morgan fingerprint density at radius 2 is 2.08 bits per heavy atom. The summed E-state index contributed by atoms with van der Waals surface area (Å²) in [6.45, 7) is 1.69. The minimum absolute atomic E-state index is 0.00819. The largest absolute Gasteiger partial charge is 0.489 e. The van der Waals surface area contributed by atoms with Crippen LogP contribution in [-0.2, 0) is 18.4 Å². The Kier molecular flexibility index (Phi) is 6.46. The third-order valence-electron chi connectivity index (χ3n) is 7.21. The Morgan fingerprint density at radius 1 is 1.27 bits per heavy atom. The summed E-state index contributed by atoms with van der Waals surface area (Å²) in [5, 5.41) is 17.5. The first kappa shape index (κ1) is 24.9. The van der Waals surface area contributed by atoms with Crippen molar-refractivity contribution in [3.8, 4) is 23.1 Å². The van der Waals surface area contributed by atoms with Crippen molar-refractivity contribution >= 4 is 5.97 Å². The summed E-state index contributed by atoms with van der Waals surface area (Å²) >= 11 is 0.